The van der Waals surface area contributed by atoms with E-state index in [0.717, 1.165) is 0 Å². The van der Waals surface area contributed by atoms with E-state index in [1.807, 2.05) is 13.8 Å². The van der Waals surface area contributed by atoms with Crippen molar-refractivity contribution in [2.24, 2.45) is 7.05 Å². The van der Waals surface area contributed by atoms with Gasteiger partial charge in [0.15, 0.2) is 0 Å². The molecule has 0 aliphatic heterocycles. The lowest BCUT2D eigenvalue weighted by Gasteiger charge is -2.16. The summed E-state index contributed by atoms with van der Waals surface area (Å²) < 4.78 is 3.04. The maximum atomic E-state index is 12.3. The first kappa shape index (κ1) is 15.0. The summed E-state index contributed by atoms with van der Waals surface area (Å²) in [7, 11) is 1.76. The summed E-state index contributed by atoms with van der Waals surface area (Å²) in [5.41, 5.74) is 2.06. The third kappa shape index (κ3) is 2.86. The van der Waals surface area contributed by atoms with Gasteiger partial charge < -0.3 is 5.11 Å². The van der Waals surface area contributed by atoms with Gasteiger partial charge in [0, 0.05) is 24.5 Å². The molecule has 0 fully saturated rings. The number of aryl methyl sites for hydroxylation is 2. The average Bonchev–Trinajstić information content (AvgIpc) is 2.85. The largest absolute Gasteiger partial charge is 0.481 e. The smallest absolute Gasteiger partial charge is 0.352 e. The first-order valence-electron chi connectivity index (χ1n) is 6.82. The molecule has 7 heteroatoms. The second kappa shape index (κ2) is 5.90. The molecule has 2 heterocycles. The van der Waals surface area contributed by atoms with Gasteiger partial charge in [-0.2, -0.15) is 10.1 Å². The number of aliphatic carboxylic acids is 1. The Kier molecular flexibility index (Phi) is 4.21. The Bertz CT molecular complexity index is 730. The Morgan fingerprint density at radius 1 is 1.33 bits per heavy atom. The summed E-state index contributed by atoms with van der Waals surface area (Å²) >= 11 is 0. The molecular weight excluding hydrogens is 272 g/mol. The normalized spacial score (nSPS) is 10.8. The zero-order chi connectivity index (χ0) is 15.6. The Morgan fingerprint density at radius 2 is 2.05 bits per heavy atom. The number of hydrogen-bond acceptors (Lipinski definition) is 4. The molecule has 0 saturated heterocycles. The lowest BCUT2D eigenvalue weighted by atomic mass is 10.0. The standard InChI is InChI=1S/C14H18N4O3/c1-4-11-10(6-13(19)20)12(5-2)18(14(21)16-11)9-7-15-17(3)8-9/h7-8H,4-6H2,1-3H3,(H,19,20). The van der Waals surface area contributed by atoms with Gasteiger partial charge in [-0.25, -0.2) is 4.79 Å². The molecule has 0 atom stereocenters. The molecule has 0 aromatic carbocycles. The van der Waals surface area contributed by atoms with Crippen molar-refractivity contribution in [1.82, 2.24) is 19.3 Å². The molecule has 0 bridgehead atoms. The van der Waals surface area contributed by atoms with Crippen LogP contribution >= 0.6 is 0 Å². The maximum absolute atomic E-state index is 12.3. The minimum Gasteiger partial charge on any atom is -0.481 e. The zero-order valence-corrected chi connectivity index (χ0v) is 12.3. The van der Waals surface area contributed by atoms with Crippen molar-refractivity contribution in [2.75, 3.05) is 0 Å². The fraction of sp³-hybridized carbons (Fsp3) is 0.429. The third-order valence-corrected chi connectivity index (χ3v) is 3.34. The van der Waals surface area contributed by atoms with Crippen LogP contribution in [0.3, 0.4) is 0 Å². The van der Waals surface area contributed by atoms with Gasteiger partial charge in [0.1, 0.15) is 0 Å². The van der Waals surface area contributed by atoms with Crippen molar-refractivity contribution in [3.63, 3.8) is 0 Å². The number of nitrogens with zero attached hydrogens (tertiary/aromatic N) is 4. The molecule has 21 heavy (non-hydrogen) atoms. The van der Waals surface area contributed by atoms with Crippen LogP contribution in [0.5, 0.6) is 0 Å². The predicted molar refractivity (Wildman–Crippen MR) is 76.7 cm³/mol. The van der Waals surface area contributed by atoms with Crippen molar-refractivity contribution in [2.45, 2.75) is 33.1 Å². The van der Waals surface area contributed by atoms with Gasteiger partial charge in [-0.1, -0.05) is 13.8 Å². The number of aromatic nitrogens is 4. The Balaban J connectivity index is 2.75. The lowest BCUT2D eigenvalue weighted by Crippen LogP contribution is -2.29. The summed E-state index contributed by atoms with van der Waals surface area (Å²) in [6.45, 7) is 3.76. The molecule has 1 N–H and O–H groups in total. The van der Waals surface area contributed by atoms with E-state index >= 15 is 0 Å². The monoisotopic (exact) mass is 290 g/mol. The molecule has 7 nitrogen and oxygen atoms in total. The van der Waals surface area contributed by atoms with Crippen LogP contribution in [-0.4, -0.2) is 30.4 Å². The first-order chi connectivity index (χ1) is 9.97. The highest BCUT2D eigenvalue weighted by atomic mass is 16.4. The van der Waals surface area contributed by atoms with Crippen molar-refractivity contribution in [1.29, 1.82) is 0 Å². The maximum Gasteiger partial charge on any atom is 0.352 e. The van der Waals surface area contributed by atoms with E-state index in [0.29, 0.717) is 35.5 Å². The summed E-state index contributed by atoms with van der Waals surface area (Å²) in [4.78, 5) is 27.4. The molecule has 0 aliphatic carbocycles. The van der Waals surface area contributed by atoms with Crippen LogP contribution in [0, 0.1) is 0 Å². The fourth-order valence-corrected chi connectivity index (χ4v) is 2.46. The summed E-state index contributed by atoms with van der Waals surface area (Å²) in [6, 6.07) is 0. The third-order valence-electron chi connectivity index (χ3n) is 3.34. The number of rotatable bonds is 5. The second-order valence-corrected chi connectivity index (χ2v) is 4.75. The number of carboxylic acids is 1. The molecule has 0 spiro atoms. The van der Waals surface area contributed by atoms with Crippen molar-refractivity contribution >= 4 is 5.97 Å². The van der Waals surface area contributed by atoms with Gasteiger partial charge in [-0.15, -0.1) is 0 Å². The van der Waals surface area contributed by atoms with Gasteiger partial charge >= 0.3 is 11.7 Å². The molecule has 0 unspecified atom stereocenters. The van der Waals surface area contributed by atoms with E-state index in [4.69, 9.17) is 5.11 Å². The molecule has 2 aromatic rings. The van der Waals surface area contributed by atoms with Gasteiger partial charge in [-0.05, 0) is 12.8 Å². The van der Waals surface area contributed by atoms with E-state index < -0.39 is 11.7 Å². The van der Waals surface area contributed by atoms with Gasteiger partial charge in [0.05, 0.1) is 24.0 Å². The van der Waals surface area contributed by atoms with E-state index in [1.165, 1.54) is 4.57 Å². The van der Waals surface area contributed by atoms with Gasteiger partial charge in [0.25, 0.3) is 0 Å². The van der Waals surface area contributed by atoms with E-state index in [2.05, 4.69) is 10.1 Å². The molecule has 112 valence electrons. The van der Waals surface area contributed by atoms with Crippen LogP contribution in [0.2, 0.25) is 0 Å². The second-order valence-electron chi connectivity index (χ2n) is 4.75. The molecule has 0 amide bonds. The predicted octanol–water partition coefficient (Wildman–Crippen LogP) is 0.718. The molecule has 0 saturated carbocycles. The van der Waals surface area contributed by atoms with Gasteiger partial charge in [-0.3, -0.25) is 14.0 Å². The van der Waals surface area contributed by atoms with Crippen molar-refractivity contribution in [3.8, 4) is 5.69 Å². The van der Waals surface area contributed by atoms with Crippen LogP contribution in [0.4, 0.5) is 0 Å². The summed E-state index contributed by atoms with van der Waals surface area (Å²) in [5.74, 6) is -0.933. The van der Waals surface area contributed by atoms with Crippen molar-refractivity contribution < 1.29 is 9.90 Å². The highest BCUT2D eigenvalue weighted by Crippen LogP contribution is 2.17. The Hall–Kier alpha value is -2.44. The number of carboxylic acid groups (broad SMARTS) is 1. The van der Waals surface area contributed by atoms with Gasteiger partial charge in [0.2, 0.25) is 0 Å². The van der Waals surface area contributed by atoms with Crippen molar-refractivity contribution in [3.05, 3.63) is 39.8 Å². The van der Waals surface area contributed by atoms with Crippen LogP contribution < -0.4 is 5.69 Å². The number of hydrogen-bond donors (Lipinski definition) is 1. The Labute approximate surface area is 121 Å². The highest BCUT2D eigenvalue weighted by molar-refractivity contribution is 5.71. The summed E-state index contributed by atoms with van der Waals surface area (Å²) in [6.07, 6.45) is 4.21. The molecular formula is C14H18N4O3. The van der Waals surface area contributed by atoms with Crippen LogP contribution in [0.15, 0.2) is 17.2 Å². The van der Waals surface area contributed by atoms with Crippen LogP contribution in [0.25, 0.3) is 5.69 Å². The van der Waals surface area contributed by atoms with E-state index in [9.17, 15) is 9.59 Å². The molecule has 2 rings (SSSR count). The average molecular weight is 290 g/mol. The lowest BCUT2D eigenvalue weighted by molar-refractivity contribution is -0.136. The quantitative estimate of drug-likeness (QED) is 0.876. The first-order valence-corrected chi connectivity index (χ1v) is 6.82. The molecule has 2 aromatic heterocycles. The minimum absolute atomic E-state index is 0.139. The Morgan fingerprint density at radius 3 is 2.52 bits per heavy atom. The van der Waals surface area contributed by atoms with Crippen LogP contribution in [-0.2, 0) is 31.1 Å². The fourth-order valence-electron chi connectivity index (χ4n) is 2.46. The van der Waals surface area contributed by atoms with E-state index in [1.54, 1.807) is 24.1 Å². The molecule has 0 radical (unpaired) electrons. The SMILES string of the molecule is CCc1nc(=O)n(-c2cnn(C)c2)c(CC)c1CC(=O)O. The number of carbonyl (C=O) groups is 1. The topological polar surface area (TPSA) is 90.0 Å². The summed E-state index contributed by atoms with van der Waals surface area (Å²) in [5, 5.41) is 13.2. The minimum atomic E-state index is -0.933. The molecule has 0 aliphatic rings. The zero-order valence-electron chi connectivity index (χ0n) is 12.3. The van der Waals surface area contributed by atoms with Crippen LogP contribution in [0.1, 0.15) is 30.8 Å². The van der Waals surface area contributed by atoms with E-state index in [-0.39, 0.29) is 6.42 Å². The highest BCUT2D eigenvalue weighted by Gasteiger charge is 2.18.